The first-order valence-electron chi connectivity index (χ1n) is 6.51. The summed E-state index contributed by atoms with van der Waals surface area (Å²) in [5.74, 6) is -0.00595. The molecule has 92 valence electrons. The van der Waals surface area contributed by atoms with Crippen LogP contribution in [0.3, 0.4) is 0 Å². The molecule has 0 aromatic heterocycles. The Balaban J connectivity index is 1.85. The number of primary amides is 1. The minimum absolute atomic E-state index is 0.106. The Bertz CT molecular complexity index is 265. The highest BCUT2D eigenvalue weighted by molar-refractivity contribution is 5.77. The molecule has 0 radical (unpaired) electrons. The monoisotopic (exact) mass is 224 g/mol. The van der Waals surface area contributed by atoms with Gasteiger partial charge in [0.1, 0.15) is 0 Å². The molecule has 0 spiro atoms. The van der Waals surface area contributed by atoms with E-state index in [2.05, 4.69) is 18.7 Å². The molecule has 1 atom stereocenters. The van der Waals surface area contributed by atoms with Crippen LogP contribution in [-0.2, 0) is 4.79 Å². The van der Waals surface area contributed by atoms with Crippen LogP contribution in [0.2, 0.25) is 0 Å². The van der Waals surface area contributed by atoms with E-state index >= 15 is 0 Å². The lowest BCUT2D eigenvalue weighted by atomic mass is 9.75. The number of hydrogen-bond acceptors (Lipinski definition) is 2. The second-order valence-electron chi connectivity index (χ2n) is 6.28. The van der Waals surface area contributed by atoms with Crippen LogP contribution >= 0.6 is 0 Å². The Labute approximate surface area is 98.4 Å². The molecule has 1 aliphatic heterocycles. The Morgan fingerprint density at radius 1 is 1.25 bits per heavy atom. The maximum absolute atomic E-state index is 11.1. The van der Waals surface area contributed by atoms with Crippen molar-refractivity contribution in [3.63, 3.8) is 0 Å². The summed E-state index contributed by atoms with van der Waals surface area (Å²) in [6.45, 7) is 6.69. The zero-order valence-electron chi connectivity index (χ0n) is 10.5. The SMILES string of the molecule is CC1(C)CCC(N2CC[C@H](C(N)=O)C2)CC1. The van der Waals surface area contributed by atoms with Gasteiger partial charge in [0.2, 0.25) is 5.91 Å². The van der Waals surface area contributed by atoms with E-state index in [1.54, 1.807) is 0 Å². The van der Waals surface area contributed by atoms with E-state index in [0.717, 1.165) is 19.5 Å². The lowest BCUT2D eigenvalue weighted by Gasteiger charge is -2.38. The molecule has 1 amide bonds. The largest absolute Gasteiger partial charge is 0.369 e. The van der Waals surface area contributed by atoms with Gasteiger partial charge in [-0.25, -0.2) is 0 Å². The molecule has 2 rings (SSSR count). The van der Waals surface area contributed by atoms with Crippen molar-refractivity contribution in [2.24, 2.45) is 17.1 Å². The molecule has 0 aromatic carbocycles. The fraction of sp³-hybridized carbons (Fsp3) is 0.923. The number of nitrogens with two attached hydrogens (primary N) is 1. The van der Waals surface area contributed by atoms with Crippen LogP contribution in [0.25, 0.3) is 0 Å². The standard InChI is InChI=1S/C13H24N2O/c1-13(2)6-3-11(4-7-13)15-8-5-10(9-15)12(14)16/h10-11H,3-9H2,1-2H3,(H2,14,16)/t10-/m0/s1. The Hall–Kier alpha value is -0.570. The molecule has 1 aliphatic carbocycles. The van der Waals surface area contributed by atoms with Crippen LogP contribution < -0.4 is 5.73 Å². The number of carbonyl (C=O) groups is 1. The topological polar surface area (TPSA) is 46.3 Å². The molecule has 0 unspecified atom stereocenters. The molecule has 3 nitrogen and oxygen atoms in total. The number of hydrogen-bond donors (Lipinski definition) is 1. The molecule has 2 fully saturated rings. The van der Waals surface area contributed by atoms with Gasteiger partial charge < -0.3 is 5.73 Å². The first-order valence-corrected chi connectivity index (χ1v) is 6.51. The Morgan fingerprint density at radius 3 is 2.38 bits per heavy atom. The molecular weight excluding hydrogens is 200 g/mol. The van der Waals surface area contributed by atoms with Crippen LogP contribution in [0.15, 0.2) is 0 Å². The average molecular weight is 224 g/mol. The second-order valence-corrected chi connectivity index (χ2v) is 6.28. The van der Waals surface area contributed by atoms with Crippen LogP contribution in [0.4, 0.5) is 0 Å². The third-order valence-electron chi connectivity index (χ3n) is 4.45. The van der Waals surface area contributed by atoms with E-state index in [1.807, 2.05) is 0 Å². The summed E-state index contributed by atoms with van der Waals surface area (Å²) in [6, 6.07) is 0.706. The van der Waals surface area contributed by atoms with Gasteiger partial charge in [0.25, 0.3) is 0 Å². The summed E-state index contributed by atoms with van der Waals surface area (Å²) < 4.78 is 0. The summed E-state index contributed by atoms with van der Waals surface area (Å²) >= 11 is 0. The van der Waals surface area contributed by atoms with Crippen LogP contribution in [0, 0.1) is 11.3 Å². The third kappa shape index (κ3) is 2.57. The van der Waals surface area contributed by atoms with Crippen LogP contribution in [-0.4, -0.2) is 29.9 Å². The normalized spacial score (nSPS) is 31.8. The van der Waals surface area contributed by atoms with Crippen molar-refractivity contribution in [1.82, 2.24) is 4.90 Å². The van der Waals surface area contributed by atoms with Crippen molar-refractivity contribution in [2.45, 2.75) is 52.0 Å². The van der Waals surface area contributed by atoms with Gasteiger partial charge >= 0.3 is 0 Å². The molecule has 2 aliphatic rings. The zero-order valence-corrected chi connectivity index (χ0v) is 10.5. The average Bonchev–Trinajstić information content (AvgIpc) is 2.66. The van der Waals surface area contributed by atoms with E-state index in [1.165, 1.54) is 25.7 Å². The lowest BCUT2D eigenvalue weighted by Crippen LogP contribution is -2.39. The van der Waals surface area contributed by atoms with Crippen molar-refractivity contribution >= 4 is 5.91 Å². The number of carbonyl (C=O) groups excluding carboxylic acids is 1. The second kappa shape index (κ2) is 4.36. The zero-order chi connectivity index (χ0) is 11.8. The molecule has 1 saturated heterocycles. The fourth-order valence-corrected chi connectivity index (χ4v) is 3.10. The number of rotatable bonds is 2. The highest BCUT2D eigenvalue weighted by atomic mass is 16.1. The fourth-order valence-electron chi connectivity index (χ4n) is 3.10. The van der Waals surface area contributed by atoms with Gasteiger partial charge in [0, 0.05) is 12.6 Å². The maximum atomic E-state index is 11.1. The summed E-state index contributed by atoms with van der Waals surface area (Å²) in [5, 5.41) is 0. The minimum Gasteiger partial charge on any atom is -0.369 e. The van der Waals surface area contributed by atoms with E-state index in [9.17, 15) is 4.79 Å². The maximum Gasteiger partial charge on any atom is 0.221 e. The number of likely N-dealkylation sites (tertiary alicyclic amines) is 1. The predicted octanol–water partition coefficient (Wildman–Crippen LogP) is 1.76. The molecular formula is C13H24N2O. The first kappa shape index (κ1) is 11.9. The van der Waals surface area contributed by atoms with Gasteiger partial charge in [-0.05, 0) is 44.1 Å². The Morgan fingerprint density at radius 2 is 1.88 bits per heavy atom. The predicted molar refractivity (Wildman–Crippen MR) is 64.9 cm³/mol. The summed E-state index contributed by atoms with van der Waals surface area (Å²) in [4.78, 5) is 13.6. The van der Waals surface area contributed by atoms with Crippen LogP contribution in [0.5, 0.6) is 0 Å². The van der Waals surface area contributed by atoms with Gasteiger partial charge in [-0.15, -0.1) is 0 Å². The molecule has 16 heavy (non-hydrogen) atoms. The smallest absolute Gasteiger partial charge is 0.221 e. The van der Waals surface area contributed by atoms with E-state index < -0.39 is 0 Å². The van der Waals surface area contributed by atoms with Gasteiger partial charge in [-0.2, -0.15) is 0 Å². The van der Waals surface area contributed by atoms with Crippen molar-refractivity contribution in [3.8, 4) is 0 Å². The Kier molecular flexibility index (Phi) is 3.24. The summed E-state index contributed by atoms with van der Waals surface area (Å²) in [7, 11) is 0. The molecule has 3 heteroatoms. The highest BCUT2D eigenvalue weighted by Crippen LogP contribution is 2.38. The van der Waals surface area contributed by atoms with Crippen LogP contribution in [0.1, 0.15) is 46.0 Å². The summed E-state index contributed by atoms with van der Waals surface area (Å²) in [6.07, 6.45) is 6.18. The van der Waals surface area contributed by atoms with Gasteiger partial charge in [-0.3, -0.25) is 9.69 Å². The molecule has 0 bridgehead atoms. The first-order chi connectivity index (χ1) is 7.48. The molecule has 0 aromatic rings. The number of amides is 1. The molecule has 2 N–H and O–H groups in total. The van der Waals surface area contributed by atoms with Crippen molar-refractivity contribution in [1.29, 1.82) is 0 Å². The lowest BCUT2D eigenvalue weighted by molar-refractivity contribution is -0.121. The minimum atomic E-state index is -0.112. The summed E-state index contributed by atoms with van der Waals surface area (Å²) in [5.41, 5.74) is 5.89. The third-order valence-corrected chi connectivity index (χ3v) is 4.45. The van der Waals surface area contributed by atoms with Crippen molar-refractivity contribution in [2.75, 3.05) is 13.1 Å². The van der Waals surface area contributed by atoms with E-state index in [0.29, 0.717) is 11.5 Å². The van der Waals surface area contributed by atoms with Gasteiger partial charge in [-0.1, -0.05) is 13.8 Å². The van der Waals surface area contributed by atoms with Gasteiger partial charge in [0.15, 0.2) is 0 Å². The van der Waals surface area contributed by atoms with E-state index in [-0.39, 0.29) is 11.8 Å². The highest BCUT2D eigenvalue weighted by Gasteiger charge is 2.34. The van der Waals surface area contributed by atoms with Crippen molar-refractivity contribution < 1.29 is 4.79 Å². The van der Waals surface area contributed by atoms with Gasteiger partial charge in [0.05, 0.1) is 5.92 Å². The molecule has 1 saturated carbocycles. The molecule has 1 heterocycles. The number of nitrogens with zero attached hydrogens (tertiary/aromatic N) is 1. The van der Waals surface area contributed by atoms with Crippen molar-refractivity contribution in [3.05, 3.63) is 0 Å². The van der Waals surface area contributed by atoms with E-state index in [4.69, 9.17) is 5.73 Å². The quantitative estimate of drug-likeness (QED) is 0.777.